The Morgan fingerprint density at radius 1 is 0.906 bits per heavy atom. The van der Waals surface area contributed by atoms with Crippen molar-refractivity contribution < 1.29 is 14.3 Å². The summed E-state index contributed by atoms with van der Waals surface area (Å²) < 4.78 is 13.4. The highest BCUT2D eigenvalue weighted by atomic mass is 16.6. The molecule has 0 fully saturated rings. The summed E-state index contributed by atoms with van der Waals surface area (Å²) in [5.41, 5.74) is 0.197. The summed E-state index contributed by atoms with van der Waals surface area (Å²) >= 11 is 0. The number of fused-ring (bicyclic) bond motifs is 2. The number of Topliss-reactive ketones (excluding diaryl/α,β-unsaturated/α-hetero) is 1. The predicted octanol–water partition coefficient (Wildman–Crippen LogP) is 1.66. The molecule has 0 amide bonds. The zero-order chi connectivity index (χ0) is 22.1. The van der Waals surface area contributed by atoms with E-state index in [4.69, 9.17) is 9.47 Å². The number of hydrogen-bond donors (Lipinski definition) is 0. The first-order chi connectivity index (χ1) is 15.6. The zero-order valence-corrected chi connectivity index (χ0v) is 16.9. The number of hydrogen-bond acceptors (Lipinski definition) is 7. The van der Waals surface area contributed by atoms with Gasteiger partial charge in [-0.05, 0) is 42.5 Å². The quantitative estimate of drug-likeness (QED) is 0.443. The number of pyridine rings is 2. The van der Waals surface area contributed by atoms with Crippen LogP contribution >= 0.6 is 0 Å². The van der Waals surface area contributed by atoms with Gasteiger partial charge in [0, 0.05) is 18.0 Å². The molecule has 9 nitrogen and oxygen atoms in total. The average Bonchev–Trinajstić information content (AvgIpc) is 2.84. The van der Waals surface area contributed by atoms with E-state index < -0.39 is 11.2 Å². The van der Waals surface area contributed by atoms with Crippen molar-refractivity contribution in [3.05, 3.63) is 93.0 Å². The Hall–Kier alpha value is -4.27. The minimum absolute atomic E-state index is 0.0246. The molecule has 32 heavy (non-hydrogen) atoms. The number of carbonyl (C=O) groups excluding carboxylic acids is 1. The van der Waals surface area contributed by atoms with Crippen molar-refractivity contribution in [1.82, 2.24) is 19.1 Å². The first-order valence-corrected chi connectivity index (χ1v) is 10.0. The van der Waals surface area contributed by atoms with Crippen LogP contribution in [-0.4, -0.2) is 38.1 Å². The van der Waals surface area contributed by atoms with Gasteiger partial charge < -0.3 is 9.47 Å². The van der Waals surface area contributed by atoms with Gasteiger partial charge in [-0.15, -0.1) is 0 Å². The molecule has 9 heteroatoms. The molecule has 3 aromatic heterocycles. The molecular formula is C23H18N4O5. The summed E-state index contributed by atoms with van der Waals surface area (Å²) in [5, 5.41) is 0. The minimum Gasteiger partial charge on any atom is -0.486 e. The highest BCUT2D eigenvalue weighted by Gasteiger charge is 2.19. The third-order valence-corrected chi connectivity index (χ3v) is 5.20. The topological polar surface area (TPSA) is 105 Å². The number of nitrogens with zero attached hydrogens (tertiary/aromatic N) is 4. The molecule has 1 aliphatic rings. The van der Waals surface area contributed by atoms with Crippen LogP contribution in [0.4, 0.5) is 0 Å². The molecular weight excluding hydrogens is 412 g/mol. The average molecular weight is 430 g/mol. The maximum absolute atomic E-state index is 13.3. The van der Waals surface area contributed by atoms with Gasteiger partial charge in [0.2, 0.25) is 0 Å². The van der Waals surface area contributed by atoms with Crippen molar-refractivity contribution in [2.24, 2.45) is 0 Å². The normalized spacial score (nSPS) is 12.6. The van der Waals surface area contributed by atoms with Gasteiger partial charge in [-0.25, -0.2) is 9.78 Å². The van der Waals surface area contributed by atoms with E-state index >= 15 is 0 Å². The van der Waals surface area contributed by atoms with Gasteiger partial charge in [0.1, 0.15) is 13.2 Å². The lowest BCUT2D eigenvalue weighted by atomic mass is 10.1. The molecule has 0 atom stereocenters. The first kappa shape index (κ1) is 19.7. The van der Waals surface area contributed by atoms with Crippen molar-refractivity contribution >= 4 is 16.8 Å². The number of benzene rings is 1. The lowest BCUT2D eigenvalue weighted by molar-refractivity contribution is 0.0970. The van der Waals surface area contributed by atoms with Gasteiger partial charge in [0.05, 0.1) is 24.3 Å². The van der Waals surface area contributed by atoms with Crippen LogP contribution in [0.3, 0.4) is 0 Å². The summed E-state index contributed by atoms with van der Waals surface area (Å²) in [5.74, 6) is 0.752. The van der Waals surface area contributed by atoms with E-state index in [1.54, 1.807) is 54.7 Å². The monoisotopic (exact) mass is 430 g/mol. The highest BCUT2D eigenvalue weighted by Crippen LogP contribution is 2.31. The van der Waals surface area contributed by atoms with Gasteiger partial charge in [-0.3, -0.25) is 23.7 Å². The summed E-state index contributed by atoms with van der Waals surface area (Å²) in [6.07, 6.45) is 3.07. The van der Waals surface area contributed by atoms with E-state index in [0.717, 1.165) is 4.57 Å². The minimum atomic E-state index is -0.605. The first-order valence-electron chi connectivity index (χ1n) is 10.0. The van der Waals surface area contributed by atoms with Crippen molar-refractivity contribution in [3.8, 4) is 11.5 Å². The molecule has 160 valence electrons. The molecule has 0 bridgehead atoms. The van der Waals surface area contributed by atoms with Gasteiger partial charge >= 0.3 is 5.69 Å². The number of ketones is 1. The molecule has 4 aromatic rings. The van der Waals surface area contributed by atoms with E-state index in [1.165, 1.54) is 10.8 Å². The zero-order valence-electron chi connectivity index (χ0n) is 16.9. The van der Waals surface area contributed by atoms with Crippen LogP contribution in [0.25, 0.3) is 11.0 Å². The van der Waals surface area contributed by atoms with Crippen LogP contribution in [0.5, 0.6) is 11.5 Å². The van der Waals surface area contributed by atoms with Crippen molar-refractivity contribution in [3.63, 3.8) is 0 Å². The molecule has 4 heterocycles. The van der Waals surface area contributed by atoms with Gasteiger partial charge in [0.25, 0.3) is 5.56 Å². The van der Waals surface area contributed by atoms with E-state index in [9.17, 15) is 14.4 Å². The van der Waals surface area contributed by atoms with Crippen LogP contribution in [0.1, 0.15) is 16.1 Å². The highest BCUT2D eigenvalue weighted by molar-refractivity contribution is 5.97. The lowest BCUT2D eigenvalue weighted by Crippen LogP contribution is -2.41. The second-order valence-electron chi connectivity index (χ2n) is 7.23. The van der Waals surface area contributed by atoms with Crippen molar-refractivity contribution in [2.45, 2.75) is 13.1 Å². The number of rotatable bonds is 5. The fourth-order valence-corrected chi connectivity index (χ4v) is 3.64. The maximum atomic E-state index is 13.3. The summed E-state index contributed by atoms with van der Waals surface area (Å²) in [7, 11) is 0. The molecule has 0 radical (unpaired) electrons. The number of ether oxygens (including phenoxy) is 2. The van der Waals surface area contributed by atoms with E-state index in [2.05, 4.69) is 9.97 Å². The Kier molecular flexibility index (Phi) is 4.98. The van der Waals surface area contributed by atoms with Gasteiger partial charge in [0.15, 0.2) is 22.8 Å². The van der Waals surface area contributed by atoms with E-state index in [-0.39, 0.29) is 24.4 Å². The number of carbonyl (C=O) groups is 1. The predicted molar refractivity (Wildman–Crippen MR) is 115 cm³/mol. The third kappa shape index (κ3) is 3.53. The second kappa shape index (κ2) is 8.10. The second-order valence-corrected chi connectivity index (χ2v) is 7.23. The van der Waals surface area contributed by atoms with Crippen molar-refractivity contribution in [2.75, 3.05) is 13.2 Å². The Bertz CT molecular complexity index is 1440. The summed E-state index contributed by atoms with van der Waals surface area (Å²) in [6.45, 7) is 0.567. The Morgan fingerprint density at radius 3 is 2.53 bits per heavy atom. The van der Waals surface area contributed by atoms with Crippen LogP contribution in [0.15, 0.2) is 70.5 Å². The van der Waals surface area contributed by atoms with Crippen LogP contribution in [0.2, 0.25) is 0 Å². The Labute approximate surface area is 181 Å². The van der Waals surface area contributed by atoms with Crippen molar-refractivity contribution in [1.29, 1.82) is 0 Å². The van der Waals surface area contributed by atoms with Crippen LogP contribution < -0.4 is 20.7 Å². The van der Waals surface area contributed by atoms with Crippen LogP contribution in [0, 0.1) is 0 Å². The van der Waals surface area contributed by atoms with Gasteiger partial charge in [-0.2, -0.15) is 0 Å². The largest absolute Gasteiger partial charge is 0.486 e. The SMILES string of the molecule is O=C(Cn1c(=O)n(Cc2ccccn2)c(=O)c2ncccc21)c1ccc2c(c1)OCCO2. The molecule has 0 unspecified atom stereocenters. The fraction of sp³-hybridized carbons (Fsp3) is 0.174. The third-order valence-electron chi connectivity index (χ3n) is 5.20. The summed E-state index contributed by atoms with van der Waals surface area (Å²) in [4.78, 5) is 47.7. The summed E-state index contributed by atoms with van der Waals surface area (Å²) in [6, 6.07) is 13.4. The van der Waals surface area contributed by atoms with E-state index in [1.807, 2.05) is 0 Å². The molecule has 5 rings (SSSR count). The Morgan fingerprint density at radius 2 is 1.72 bits per heavy atom. The van der Waals surface area contributed by atoms with Crippen LogP contribution in [-0.2, 0) is 13.1 Å². The Balaban J connectivity index is 1.58. The maximum Gasteiger partial charge on any atom is 0.332 e. The fourth-order valence-electron chi connectivity index (χ4n) is 3.64. The molecule has 0 spiro atoms. The van der Waals surface area contributed by atoms with E-state index in [0.29, 0.717) is 41.5 Å². The lowest BCUT2D eigenvalue weighted by Gasteiger charge is -2.19. The molecule has 0 N–H and O–H groups in total. The molecule has 1 aromatic carbocycles. The molecule has 0 aliphatic carbocycles. The molecule has 0 saturated carbocycles. The standard InChI is InChI=1S/C23H18N4O5/c28-18(15-6-7-19-20(12-15)32-11-10-31-19)14-26-17-5-3-9-25-21(17)22(29)27(23(26)30)13-16-4-1-2-8-24-16/h1-9,12H,10-11,13-14H2. The van der Waals surface area contributed by atoms with Gasteiger partial charge in [-0.1, -0.05) is 6.07 Å². The molecule has 1 aliphatic heterocycles. The molecule has 0 saturated heterocycles. The number of aromatic nitrogens is 4. The smallest absolute Gasteiger partial charge is 0.332 e.